The van der Waals surface area contributed by atoms with Gasteiger partial charge in [-0.3, -0.25) is 0 Å². The molecule has 0 saturated heterocycles. The van der Waals surface area contributed by atoms with Gasteiger partial charge in [0.25, 0.3) is 0 Å². The molecule has 200 valence electrons. The van der Waals surface area contributed by atoms with Gasteiger partial charge in [0.2, 0.25) is 29.7 Å². The van der Waals surface area contributed by atoms with E-state index in [1.165, 1.54) is 31.2 Å². The van der Waals surface area contributed by atoms with Crippen molar-refractivity contribution >= 4 is 29.7 Å². The zero-order valence-corrected chi connectivity index (χ0v) is 21.5. The number of halogens is 4. The largest absolute Gasteiger partial charge is 0.573 e. The average Bonchev–Trinajstić information content (AvgIpc) is 2.77. The number of benzene rings is 3. The fourth-order valence-corrected chi connectivity index (χ4v) is 7.53. The normalized spacial score (nSPS) is 13.8. The number of sulfonamides is 1. The Balaban J connectivity index is 2.19. The average molecular weight is 582 g/mol. The molecule has 0 aliphatic rings. The van der Waals surface area contributed by atoms with Crippen LogP contribution in [-0.2, 0) is 29.7 Å². The number of nitrogens with one attached hydrogen (secondary N) is 1. The number of ether oxygens (including phenoxy) is 1. The van der Waals surface area contributed by atoms with E-state index in [9.17, 15) is 42.8 Å². The molecule has 0 amide bonds. The van der Waals surface area contributed by atoms with Crippen LogP contribution in [0.15, 0.2) is 86.3 Å². The fourth-order valence-electron chi connectivity index (χ4n) is 3.35. The lowest BCUT2D eigenvalue weighted by Crippen LogP contribution is -2.25. The topological polar surface area (TPSA) is 124 Å². The second-order valence-corrected chi connectivity index (χ2v) is 13.4. The zero-order valence-electron chi connectivity index (χ0n) is 19.0. The molecule has 0 saturated carbocycles. The van der Waals surface area contributed by atoms with Gasteiger partial charge in [-0.05, 0) is 48.9 Å². The quantitative estimate of drug-likeness (QED) is 0.399. The van der Waals surface area contributed by atoms with Gasteiger partial charge >= 0.3 is 6.36 Å². The second kappa shape index (κ2) is 10.0. The Kier molecular flexibility index (Phi) is 7.75. The number of rotatable bonds is 8. The molecule has 0 aromatic heterocycles. The molecule has 15 heteroatoms. The van der Waals surface area contributed by atoms with E-state index in [1.807, 2.05) is 0 Å². The molecule has 3 aromatic carbocycles. The van der Waals surface area contributed by atoms with E-state index in [4.69, 9.17) is 0 Å². The first-order valence-electron chi connectivity index (χ1n) is 10.1. The maximum atomic E-state index is 14.3. The summed E-state index contributed by atoms with van der Waals surface area (Å²) >= 11 is 0. The minimum atomic E-state index is -5.21. The standard InChI is InChI=1S/C22H19F4NO7S3/c1-14(27-35(2,28)29)15-7-10-17(11-8-15)36(30,31)21-13-16(34-22(24,25)26)9-12-20(21)37(32,33)19-6-4-3-5-18(19)23/h3-14,27H,1-2H3/t14-/m0/s1. The van der Waals surface area contributed by atoms with Crippen molar-refractivity contribution in [3.8, 4) is 5.75 Å². The van der Waals surface area contributed by atoms with E-state index in [0.717, 1.165) is 30.5 Å². The van der Waals surface area contributed by atoms with Crippen LogP contribution < -0.4 is 9.46 Å². The number of sulfone groups is 2. The van der Waals surface area contributed by atoms with E-state index in [0.29, 0.717) is 23.8 Å². The van der Waals surface area contributed by atoms with E-state index >= 15 is 0 Å². The summed E-state index contributed by atoms with van der Waals surface area (Å²) in [5.41, 5.74) is 0.345. The first kappa shape index (κ1) is 28.6. The molecule has 37 heavy (non-hydrogen) atoms. The van der Waals surface area contributed by atoms with Crippen LogP contribution in [0, 0.1) is 5.82 Å². The van der Waals surface area contributed by atoms with Crippen molar-refractivity contribution in [2.45, 2.75) is 38.9 Å². The molecular weight excluding hydrogens is 562 g/mol. The van der Waals surface area contributed by atoms with E-state index in [-0.39, 0.29) is 0 Å². The van der Waals surface area contributed by atoms with Gasteiger partial charge < -0.3 is 4.74 Å². The molecule has 1 atom stereocenters. The van der Waals surface area contributed by atoms with Crippen molar-refractivity contribution in [2.24, 2.45) is 0 Å². The summed E-state index contributed by atoms with van der Waals surface area (Å²) in [5.74, 6) is -2.21. The first-order valence-corrected chi connectivity index (χ1v) is 15.0. The molecule has 3 rings (SSSR count). The Bertz CT molecular complexity index is 1640. The molecule has 0 bridgehead atoms. The highest BCUT2D eigenvalue weighted by molar-refractivity contribution is 7.94. The summed E-state index contributed by atoms with van der Waals surface area (Å²) in [6.45, 7) is 1.49. The number of alkyl halides is 3. The summed E-state index contributed by atoms with van der Waals surface area (Å²) in [7, 11) is -13.3. The minimum absolute atomic E-state index is 0.345. The third-order valence-electron chi connectivity index (χ3n) is 4.94. The van der Waals surface area contributed by atoms with Crippen LogP contribution in [0.1, 0.15) is 18.5 Å². The lowest BCUT2D eigenvalue weighted by atomic mass is 10.1. The highest BCUT2D eigenvalue weighted by Gasteiger charge is 2.35. The molecule has 0 fully saturated rings. The molecule has 0 spiro atoms. The molecule has 0 unspecified atom stereocenters. The Morgan fingerprint density at radius 3 is 1.92 bits per heavy atom. The van der Waals surface area contributed by atoms with Crippen molar-refractivity contribution < 1.29 is 47.6 Å². The van der Waals surface area contributed by atoms with Crippen molar-refractivity contribution in [3.63, 3.8) is 0 Å². The molecule has 3 aromatic rings. The lowest BCUT2D eigenvalue weighted by Gasteiger charge is -2.16. The van der Waals surface area contributed by atoms with Gasteiger partial charge in [0.1, 0.15) is 16.5 Å². The van der Waals surface area contributed by atoms with Gasteiger partial charge in [-0.25, -0.2) is 34.4 Å². The summed E-state index contributed by atoms with van der Waals surface area (Å²) < 4.78 is 135. The van der Waals surface area contributed by atoms with Crippen LogP contribution >= 0.6 is 0 Å². The molecular formula is C22H19F4NO7S3. The smallest absolute Gasteiger partial charge is 0.406 e. The Morgan fingerprint density at radius 2 is 1.38 bits per heavy atom. The Hall–Kier alpha value is -3.01. The summed E-state index contributed by atoms with van der Waals surface area (Å²) in [5, 5.41) is 0. The third-order valence-corrected chi connectivity index (χ3v) is 9.50. The Labute approximate surface area is 210 Å². The van der Waals surface area contributed by atoms with Gasteiger partial charge in [0.15, 0.2) is 0 Å². The van der Waals surface area contributed by atoms with Gasteiger partial charge in [0, 0.05) is 12.1 Å². The van der Waals surface area contributed by atoms with Crippen molar-refractivity contribution in [1.29, 1.82) is 0 Å². The fraction of sp³-hybridized carbons (Fsp3) is 0.182. The molecule has 0 aliphatic carbocycles. The molecule has 8 nitrogen and oxygen atoms in total. The highest BCUT2D eigenvalue weighted by atomic mass is 32.2. The van der Waals surface area contributed by atoms with E-state index < -0.39 is 73.3 Å². The summed E-state index contributed by atoms with van der Waals surface area (Å²) in [6.07, 6.45) is -4.28. The monoisotopic (exact) mass is 581 g/mol. The van der Waals surface area contributed by atoms with Crippen LogP contribution in [0.4, 0.5) is 17.6 Å². The second-order valence-electron chi connectivity index (χ2n) is 7.77. The number of hydrogen-bond acceptors (Lipinski definition) is 7. The number of hydrogen-bond donors (Lipinski definition) is 1. The molecule has 0 radical (unpaired) electrons. The van der Waals surface area contributed by atoms with Crippen molar-refractivity contribution in [3.05, 3.63) is 78.1 Å². The Morgan fingerprint density at radius 1 is 0.784 bits per heavy atom. The predicted octanol–water partition coefficient (Wildman–Crippen LogP) is 4.00. The molecule has 0 aliphatic heterocycles. The van der Waals surface area contributed by atoms with Crippen LogP contribution in [0.3, 0.4) is 0 Å². The van der Waals surface area contributed by atoms with Gasteiger partial charge in [-0.15, -0.1) is 13.2 Å². The van der Waals surface area contributed by atoms with Crippen LogP contribution in [0.2, 0.25) is 0 Å². The van der Waals surface area contributed by atoms with Crippen LogP contribution in [0.5, 0.6) is 5.75 Å². The van der Waals surface area contributed by atoms with Crippen molar-refractivity contribution in [2.75, 3.05) is 6.26 Å². The van der Waals surface area contributed by atoms with Gasteiger partial charge in [-0.1, -0.05) is 24.3 Å². The third kappa shape index (κ3) is 6.66. The molecule has 0 heterocycles. The van der Waals surface area contributed by atoms with Crippen LogP contribution in [0.25, 0.3) is 0 Å². The van der Waals surface area contributed by atoms with E-state index in [2.05, 4.69) is 9.46 Å². The highest BCUT2D eigenvalue weighted by Crippen LogP contribution is 2.36. The minimum Gasteiger partial charge on any atom is -0.406 e. The van der Waals surface area contributed by atoms with Gasteiger partial charge in [-0.2, -0.15) is 0 Å². The van der Waals surface area contributed by atoms with Gasteiger partial charge in [0.05, 0.1) is 20.9 Å². The lowest BCUT2D eigenvalue weighted by molar-refractivity contribution is -0.274. The zero-order chi connectivity index (χ0) is 27.8. The maximum Gasteiger partial charge on any atom is 0.573 e. The van der Waals surface area contributed by atoms with Crippen molar-refractivity contribution in [1.82, 2.24) is 4.72 Å². The maximum absolute atomic E-state index is 14.3. The summed E-state index contributed by atoms with van der Waals surface area (Å²) in [6, 6.07) is 9.47. The van der Waals surface area contributed by atoms with E-state index in [1.54, 1.807) is 0 Å². The SMILES string of the molecule is C[C@H](NS(C)(=O)=O)c1ccc(S(=O)(=O)c2cc(OC(F)(F)F)ccc2S(=O)(=O)c2ccccc2F)cc1. The predicted molar refractivity (Wildman–Crippen MR) is 123 cm³/mol. The van der Waals surface area contributed by atoms with Crippen LogP contribution in [-0.4, -0.2) is 37.9 Å². The summed E-state index contributed by atoms with van der Waals surface area (Å²) in [4.78, 5) is -3.44. The molecule has 1 N–H and O–H groups in total. The first-order chi connectivity index (χ1) is 16.9.